The number of rotatable bonds is 3. The fraction of sp³-hybridized carbons (Fsp3) is 0.750. The zero-order valence-corrected chi connectivity index (χ0v) is 15.8. The van der Waals surface area contributed by atoms with E-state index >= 15 is 0 Å². The Bertz CT molecular complexity index is 685. The van der Waals surface area contributed by atoms with Crippen LogP contribution in [0.2, 0.25) is 0 Å². The summed E-state index contributed by atoms with van der Waals surface area (Å²) in [6.07, 6.45) is 5.73. The van der Waals surface area contributed by atoms with Crippen molar-refractivity contribution in [3.05, 3.63) is 18.3 Å². The van der Waals surface area contributed by atoms with Gasteiger partial charge in [0.25, 0.3) is 5.92 Å². The monoisotopic (exact) mass is 377 g/mol. The third kappa shape index (κ3) is 3.29. The van der Waals surface area contributed by atoms with E-state index in [-0.39, 0.29) is 13.0 Å². The second-order valence-electron chi connectivity index (χ2n) is 8.90. The van der Waals surface area contributed by atoms with Gasteiger partial charge in [-0.25, -0.2) is 13.8 Å². The number of nitrogens with one attached hydrogen (secondary N) is 1. The molecule has 0 amide bonds. The van der Waals surface area contributed by atoms with Crippen molar-refractivity contribution in [2.24, 2.45) is 5.41 Å². The third-order valence-electron chi connectivity index (χ3n) is 7.08. The Morgan fingerprint density at radius 3 is 2.48 bits per heavy atom. The minimum Gasteiger partial charge on any atom is -0.362 e. The summed E-state index contributed by atoms with van der Waals surface area (Å²) in [6, 6.07) is 4.52. The van der Waals surface area contributed by atoms with Crippen molar-refractivity contribution in [3.8, 4) is 0 Å². The van der Waals surface area contributed by atoms with Crippen LogP contribution in [0.25, 0.3) is 0 Å². The van der Waals surface area contributed by atoms with Crippen molar-refractivity contribution in [2.75, 3.05) is 62.2 Å². The molecule has 3 aliphatic heterocycles. The molecule has 4 heterocycles. The molecular formula is C20H29F2N5. The van der Waals surface area contributed by atoms with E-state index in [1.54, 1.807) is 11.1 Å². The Hall–Kier alpha value is -1.47. The standard InChI is InChI=1S/C20H29F2N5/c21-20(22)5-7-27(15-20)17-2-1-6-24-18(17)26-10-8-25(9-11-26)16-3-4-19(12-16)13-23-14-19/h1-2,6,16,23H,3-5,7-15H2. The van der Waals surface area contributed by atoms with Gasteiger partial charge in [-0.1, -0.05) is 0 Å². The number of hydrogen-bond donors (Lipinski definition) is 1. The van der Waals surface area contributed by atoms with Gasteiger partial charge in [0.2, 0.25) is 0 Å². The van der Waals surface area contributed by atoms with Crippen LogP contribution in [-0.4, -0.2) is 74.2 Å². The highest BCUT2D eigenvalue weighted by atomic mass is 19.3. The van der Waals surface area contributed by atoms with Crippen LogP contribution in [-0.2, 0) is 0 Å². The predicted octanol–water partition coefficient (Wildman–Crippen LogP) is 2.19. The van der Waals surface area contributed by atoms with Gasteiger partial charge in [0.05, 0.1) is 12.2 Å². The molecule has 148 valence electrons. The Labute approximate surface area is 159 Å². The van der Waals surface area contributed by atoms with Gasteiger partial charge in [-0.2, -0.15) is 0 Å². The summed E-state index contributed by atoms with van der Waals surface area (Å²) in [5.74, 6) is -1.71. The molecule has 1 aromatic rings. The number of hydrogen-bond acceptors (Lipinski definition) is 5. The summed E-state index contributed by atoms with van der Waals surface area (Å²) in [7, 11) is 0. The average molecular weight is 377 g/mol. The summed E-state index contributed by atoms with van der Waals surface area (Å²) in [5, 5.41) is 3.44. The van der Waals surface area contributed by atoms with E-state index < -0.39 is 5.92 Å². The number of aromatic nitrogens is 1. The van der Waals surface area contributed by atoms with Crippen LogP contribution in [0.1, 0.15) is 25.7 Å². The first-order chi connectivity index (χ1) is 13.0. The van der Waals surface area contributed by atoms with Gasteiger partial charge in [0.15, 0.2) is 5.82 Å². The molecule has 1 aromatic heterocycles. The largest absolute Gasteiger partial charge is 0.362 e. The first-order valence-corrected chi connectivity index (χ1v) is 10.3. The van der Waals surface area contributed by atoms with Crippen LogP contribution in [0.4, 0.5) is 20.3 Å². The molecule has 0 aromatic carbocycles. The number of alkyl halides is 2. The average Bonchev–Trinajstić information content (AvgIpc) is 3.26. The lowest BCUT2D eigenvalue weighted by Crippen LogP contribution is -2.54. The molecule has 5 nitrogen and oxygen atoms in total. The second kappa shape index (κ2) is 6.55. The normalized spacial score (nSPS) is 30.1. The Kier molecular flexibility index (Phi) is 4.27. The fourth-order valence-corrected chi connectivity index (χ4v) is 5.41. The lowest BCUT2D eigenvalue weighted by molar-refractivity contribution is 0.0257. The van der Waals surface area contributed by atoms with Crippen molar-refractivity contribution < 1.29 is 8.78 Å². The molecule has 1 saturated carbocycles. The summed E-state index contributed by atoms with van der Waals surface area (Å²) in [5.41, 5.74) is 1.44. The van der Waals surface area contributed by atoms with Gasteiger partial charge in [-0.3, -0.25) is 4.90 Å². The molecule has 27 heavy (non-hydrogen) atoms. The van der Waals surface area contributed by atoms with E-state index in [4.69, 9.17) is 0 Å². The topological polar surface area (TPSA) is 34.6 Å². The maximum absolute atomic E-state index is 13.7. The van der Waals surface area contributed by atoms with Gasteiger partial charge in [0, 0.05) is 64.5 Å². The van der Waals surface area contributed by atoms with E-state index in [0.29, 0.717) is 12.0 Å². The van der Waals surface area contributed by atoms with Crippen LogP contribution in [0.15, 0.2) is 18.3 Å². The molecule has 3 saturated heterocycles. The van der Waals surface area contributed by atoms with Crippen LogP contribution in [0.5, 0.6) is 0 Å². The minimum atomic E-state index is -2.58. The van der Waals surface area contributed by atoms with Crippen molar-refractivity contribution in [1.82, 2.24) is 15.2 Å². The molecule has 1 aliphatic carbocycles. The molecule has 1 unspecified atom stereocenters. The van der Waals surface area contributed by atoms with Gasteiger partial charge in [-0.15, -0.1) is 0 Å². The quantitative estimate of drug-likeness (QED) is 0.874. The number of piperazine rings is 1. The highest BCUT2D eigenvalue weighted by Gasteiger charge is 2.45. The lowest BCUT2D eigenvalue weighted by atomic mass is 9.80. The fourth-order valence-electron chi connectivity index (χ4n) is 5.41. The first kappa shape index (κ1) is 17.6. The Morgan fingerprint density at radius 1 is 1.04 bits per heavy atom. The number of anilines is 2. The van der Waals surface area contributed by atoms with Crippen LogP contribution >= 0.6 is 0 Å². The Balaban J connectivity index is 1.24. The zero-order chi connectivity index (χ0) is 18.5. The smallest absolute Gasteiger partial charge is 0.266 e. The van der Waals surface area contributed by atoms with Gasteiger partial charge in [0.1, 0.15) is 0 Å². The molecule has 4 aliphatic rings. The minimum absolute atomic E-state index is 0.0621. The molecule has 5 rings (SSSR count). The van der Waals surface area contributed by atoms with Gasteiger partial charge >= 0.3 is 0 Å². The van der Waals surface area contributed by atoms with Gasteiger partial charge in [-0.05, 0) is 36.8 Å². The number of pyridine rings is 1. The molecular weight excluding hydrogens is 348 g/mol. The number of nitrogens with zero attached hydrogens (tertiary/aromatic N) is 4. The van der Waals surface area contributed by atoms with Crippen molar-refractivity contribution in [2.45, 2.75) is 37.6 Å². The molecule has 7 heteroatoms. The highest BCUT2D eigenvalue weighted by Crippen LogP contribution is 2.43. The van der Waals surface area contributed by atoms with E-state index in [1.807, 2.05) is 12.1 Å². The number of halogens is 2. The molecule has 0 radical (unpaired) electrons. The summed E-state index contributed by atoms with van der Waals surface area (Å²) in [6.45, 7) is 6.54. The first-order valence-electron chi connectivity index (χ1n) is 10.3. The maximum atomic E-state index is 13.7. The van der Waals surface area contributed by atoms with Crippen molar-refractivity contribution >= 4 is 11.5 Å². The molecule has 0 bridgehead atoms. The second-order valence-corrected chi connectivity index (χ2v) is 8.90. The highest BCUT2D eigenvalue weighted by molar-refractivity contribution is 5.67. The van der Waals surface area contributed by atoms with E-state index in [1.165, 1.54) is 32.4 Å². The maximum Gasteiger partial charge on any atom is 0.266 e. The van der Waals surface area contributed by atoms with Crippen LogP contribution in [0, 0.1) is 5.41 Å². The van der Waals surface area contributed by atoms with Crippen LogP contribution in [0.3, 0.4) is 0 Å². The van der Waals surface area contributed by atoms with E-state index in [2.05, 4.69) is 20.1 Å². The summed E-state index contributed by atoms with van der Waals surface area (Å²) in [4.78, 5) is 11.3. The SMILES string of the molecule is FC1(F)CCN(c2cccnc2N2CCN(C3CCC4(CNC4)C3)CC2)C1. The predicted molar refractivity (Wildman–Crippen MR) is 103 cm³/mol. The lowest BCUT2D eigenvalue weighted by Gasteiger charge is -2.42. The molecule has 1 atom stereocenters. The van der Waals surface area contributed by atoms with E-state index in [0.717, 1.165) is 43.7 Å². The van der Waals surface area contributed by atoms with Gasteiger partial charge < -0.3 is 15.1 Å². The Morgan fingerprint density at radius 2 is 1.85 bits per heavy atom. The van der Waals surface area contributed by atoms with E-state index in [9.17, 15) is 8.78 Å². The molecule has 1 N–H and O–H groups in total. The molecule has 1 spiro atoms. The third-order valence-corrected chi connectivity index (χ3v) is 7.08. The molecule has 4 fully saturated rings. The van der Waals surface area contributed by atoms with Crippen molar-refractivity contribution in [1.29, 1.82) is 0 Å². The summed E-state index contributed by atoms with van der Waals surface area (Å²) >= 11 is 0. The summed E-state index contributed by atoms with van der Waals surface area (Å²) < 4.78 is 27.4. The van der Waals surface area contributed by atoms with Crippen LogP contribution < -0.4 is 15.1 Å². The van der Waals surface area contributed by atoms with Crippen molar-refractivity contribution in [3.63, 3.8) is 0 Å². The zero-order valence-electron chi connectivity index (χ0n) is 15.8.